The Kier molecular flexibility index (Phi) is 10.3. The van der Waals surface area contributed by atoms with Crippen LogP contribution in [-0.4, -0.2) is 45.7 Å². The van der Waals surface area contributed by atoms with Gasteiger partial charge in [-0.1, -0.05) is 101 Å². The summed E-state index contributed by atoms with van der Waals surface area (Å²) in [6.07, 6.45) is 1.73. The van der Waals surface area contributed by atoms with Crippen LogP contribution in [0.1, 0.15) is 47.6 Å². The number of amides is 1. The number of aliphatic carboxylic acids is 1. The number of carboxylic acids is 1. The third-order valence-corrected chi connectivity index (χ3v) is 9.22. The summed E-state index contributed by atoms with van der Waals surface area (Å²) in [6, 6.07) is 26.7. The molecule has 0 aliphatic carbocycles. The molecule has 1 heterocycles. The van der Waals surface area contributed by atoms with Gasteiger partial charge in [-0.25, -0.2) is 4.79 Å². The fraction of sp³-hybridized carbons (Fsp3) is 0.250. The van der Waals surface area contributed by atoms with Crippen LogP contribution >= 0.6 is 34.8 Å². The molecule has 0 unspecified atom stereocenters. The molecule has 2 atom stereocenters. The number of halogens is 3. The molecule has 0 radical (unpaired) electrons. The van der Waals surface area contributed by atoms with Crippen LogP contribution < -0.4 is 5.32 Å². The van der Waals surface area contributed by atoms with Crippen LogP contribution in [0.15, 0.2) is 96.0 Å². The van der Waals surface area contributed by atoms with E-state index in [-0.39, 0.29) is 12.3 Å². The molecule has 1 amide bonds. The van der Waals surface area contributed by atoms with Crippen LogP contribution in [0.25, 0.3) is 0 Å². The summed E-state index contributed by atoms with van der Waals surface area (Å²) in [5, 5.41) is 14.8. The molecule has 0 spiro atoms. The number of aliphatic imine (C=N–C) groups is 1. The van der Waals surface area contributed by atoms with Gasteiger partial charge >= 0.3 is 5.97 Å². The minimum atomic E-state index is -1.07. The number of nitrogens with zero attached hydrogens (tertiary/aromatic N) is 2. The number of nitrogens with one attached hydrogen (secondary N) is 1. The Morgan fingerprint density at radius 2 is 1.71 bits per heavy atom. The van der Waals surface area contributed by atoms with E-state index in [0.29, 0.717) is 50.6 Å². The molecule has 1 aliphatic rings. The van der Waals surface area contributed by atoms with Crippen molar-refractivity contribution in [1.82, 2.24) is 4.90 Å². The minimum Gasteiger partial charge on any atom is -0.480 e. The number of anilines is 1. The Bertz CT molecular complexity index is 1740. The highest BCUT2D eigenvalue weighted by atomic mass is 35.5. The minimum absolute atomic E-state index is 0.175. The zero-order valence-corrected chi connectivity index (χ0v) is 27.3. The van der Waals surface area contributed by atoms with Gasteiger partial charge in [0.05, 0.1) is 27.0 Å². The lowest BCUT2D eigenvalue weighted by Crippen LogP contribution is -2.50. The Morgan fingerprint density at radius 3 is 2.42 bits per heavy atom. The van der Waals surface area contributed by atoms with Gasteiger partial charge in [0, 0.05) is 29.1 Å². The maximum Gasteiger partial charge on any atom is 0.328 e. The zero-order chi connectivity index (χ0) is 32.1. The van der Waals surface area contributed by atoms with Gasteiger partial charge in [-0.3, -0.25) is 14.7 Å². The molecular formula is C36H34Cl3N3O3. The van der Waals surface area contributed by atoms with Crippen LogP contribution in [-0.2, 0) is 22.6 Å². The first-order valence-corrected chi connectivity index (χ1v) is 15.9. The van der Waals surface area contributed by atoms with Crippen LogP contribution in [0.2, 0.25) is 15.1 Å². The van der Waals surface area contributed by atoms with Crippen molar-refractivity contribution in [3.63, 3.8) is 0 Å². The van der Waals surface area contributed by atoms with Gasteiger partial charge < -0.3 is 10.4 Å². The van der Waals surface area contributed by atoms with Gasteiger partial charge in [0.2, 0.25) is 5.91 Å². The first-order chi connectivity index (χ1) is 21.5. The maximum absolute atomic E-state index is 14.1. The van der Waals surface area contributed by atoms with Crippen molar-refractivity contribution < 1.29 is 14.7 Å². The lowest BCUT2D eigenvalue weighted by Gasteiger charge is -2.34. The monoisotopic (exact) mass is 661 g/mol. The fourth-order valence-electron chi connectivity index (χ4n) is 5.77. The SMILES string of the molecule is Cc1cccc(C[C@@H](N=C(c2ccccc2)c2cc(Cl)ccc2NC(=O)[C@]2(C)CCCN2Cc2ccc(Cl)c(Cl)c2)C(=O)O)c1. The molecule has 0 aromatic heterocycles. The Morgan fingerprint density at radius 1 is 0.933 bits per heavy atom. The molecule has 4 aromatic rings. The number of likely N-dealkylation sites (tertiary alicyclic amines) is 1. The molecular weight excluding hydrogens is 629 g/mol. The van der Waals surface area contributed by atoms with Gasteiger partial charge in [-0.2, -0.15) is 0 Å². The van der Waals surface area contributed by atoms with E-state index in [9.17, 15) is 14.7 Å². The van der Waals surface area contributed by atoms with Crippen molar-refractivity contribution in [3.8, 4) is 0 Å². The lowest BCUT2D eigenvalue weighted by atomic mass is 9.95. The highest BCUT2D eigenvalue weighted by Gasteiger charge is 2.43. The van der Waals surface area contributed by atoms with E-state index in [0.717, 1.165) is 29.7 Å². The van der Waals surface area contributed by atoms with Crippen molar-refractivity contribution in [1.29, 1.82) is 0 Å². The number of hydrogen-bond donors (Lipinski definition) is 2. The highest BCUT2D eigenvalue weighted by Crippen LogP contribution is 2.34. The molecule has 1 saturated heterocycles. The summed E-state index contributed by atoms with van der Waals surface area (Å²) in [7, 11) is 0. The topological polar surface area (TPSA) is 82.0 Å². The van der Waals surface area contributed by atoms with E-state index in [2.05, 4.69) is 10.2 Å². The molecule has 6 nitrogen and oxygen atoms in total. The predicted molar refractivity (Wildman–Crippen MR) is 183 cm³/mol. The molecule has 1 aliphatic heterocycles. The first kappa shape index (κ1) is 32.7. The second-order valence-electron chi connectivity index (χ2n) is 11.6. The second kappa shape index (κ2) is 14.2. The van der Waals surface area contributed by atoms with Crippen LogP contribution in [0.5, 0.6) is 0 Å². The van der Waals surface area contributed by atoms with Crippen LogP contribution in [0, 0.1) is 6.92 Å². The summed E-state index contributed by atoms with van der Waals surface area (Å²) >= 11 is 18.9. The second-order valence-corrected chi connectivity index (χ2v) is 12.8. The van der Waals surface area contributed by atoms with Crippen LogP contribution in [0.4, 0.5) is 5.69 Å². The van der Waals surface area contributed by atoms with E-state index in [1.54, 1.807) is 24.3 Å². The van der Waals surface area contributed by atoms with Crippen molar-refractivity contribution >= 4 is 58.1 Å². The van der Waals surface area contributed by atoms with Gasteiger partial charge in [0.1, 0.15) is 0 Å². The largest absolute Gasteiger partial charge is 0.480 e. The summed E-state index contributed by atoms with van der Waals surface area (Å²) < 4.78 is 0. The molecule has 45 heavy (non-hydrogen) atoms. The number of benzene rings is 4. The number of carboxylic acid groups (broad SMARTS) is 1. The predicted octanol–water partition coefficient (Wildman–Crippen LogP) is 8.48. The van der Waals surface area contributed by atoms with E-state index in [1.807, 2.05) is 80.6 Å². The number of rotatable bonds is 10. The zero-order valence-electron chi connectivity index (χ0n) is 25.1. The van der Waals surface area contributed by atoms with Crippen molar-refractivity contribution in [2.75, 3.05) is 11.9 Å². The van der Waals surface area contributed by atoms with Crippen LogP contribution in [0.3, 0.4) is 0 Å². The Labute approximate surface area is 278 Å². The lowest BCUT2D eigenvalue weighted by molar-refractivity contribution is -0.138. The average molecular weight is 663 g/mol. The smallest absolute Gasteiger partial charge is 0.328 e. The molecule has 0 saturated carbocycles. The van der Waals surface area contributed by atoms with Gasteiger partial charge in [-0.05, 0) is 74.7 Å². The van der Waals surface area contributed by atoms with Gasteiger partial charge in [0.15, 0.2) is 6.04 Å². The quantitative estimate of drug-likeness (QED) is 0.167. The third kappa shape index (κ3) is 7.77. The van der Waals surface area contributed by atoms with E-state index < -0.39 is 17.6 Å². The number of carbonyl (C=O) groups excluding carboxylic acids is 1. The number of carbonyl (C=O) groups is 2. The Hall–Kier alpha value is -3.68. The van der Waals surface area contributed by atoms with Gasteiger partial charge in [0.25, 0.3) is 0 Å². The summed E-state index contributed by atoms with van der Waals surface area (Å²) in [4.78, 5) is 33.6. The standard InChI is InChI=1S/C36H34Cl3N3O3/c1-23-8-6-9-24(18-23)20-32(34(43)44)40-33(26-10-4-3-5-11-26)28-21-27(37)13-15-31(28)41-35(45)36(2)16-7-17-42(36)22-25-12-14-29(38)30(39)19-25/h3-6,8-15,18-19,21,32H,7,16-17,20,22H2,1-2H3,(H,41,45)(H,43,44)/t32-,36+/m1/s1. The van der Waals surface area contributed by atoms with Crippen molar-refractivity contribution in [2.45, 2.75) is 51.2 Å². The van der Waals surface area contributed by atoms with Crippen molar-refractivity contribution in [3.05, 3.63) is 134 Å². The molecule has 1 fully saturated rings. The van der Waals surface area contributed by atoms with Crippen molar-refractivity contribution in [2.24, 2.45) is 4.99 Å². The number of hydrogen-bond acceptors (Lipinski definition) is 4. The molecule has 232 valence electrons. The molecule has 4 aromatic carbocycles. The van der Waals surface area contributed by atoms with E-state index in [4.69, 9.17) is 39.8 Å². The fourth-order valence-corrected chi connectivity index (χ4v) is 6.26. The number of aryl methyl sites for hydroxylation is 1. The molecule has 0 bridgehead atoms. The summed E-state index contributed by atoms with van der Waals surface area (Å²) in [6.45, 7) is 5.18. The Balaban J connectivity index is 1.50. The normalized spacial score (nSPS) is 17.7. The van der Waals surface area contributed by atoms with E-state index >= 15 is 0 Å². The summed E-state index contributed by atoms with van der Waals surface area (Å²) in [5.41, 5.74) is 4.24. The molecule has 2 N–H and O–H groups in total. The molecule has 5 rings (SSSR count). The summed E-state index contributed by atoms with van der Waals surface area (Å²) in [5.74, 6) is -1.22. The van der Waals surface area contributed by atoms with E-state index in [1.165, 1.54) is 0 Å². The highest BCUT2D eigenvalue weighted by molar-refractivity contribution is 6.42. The maximum atomic E-state index is 14.1. The third-order valence-electron chi connectivity index (χ3n) is 8.25. The first-order valence-electron chi connectivity index (χ1n) is 14.8. The average Bonchev–Trinajstić information content (AvgIpc) is 3.39. The van der Waals surface area contributed by atoms with Gasteiger partial charge in [-0.15, -0.1) is 0 Å². The molecule has 9 heteroatoms.